The number of hydrogen-bond acceptors (Lipinski definition) is 2. The molecular weight excluding hydrogens is 619 g/mol. The molecule has 0 bridgehead atoms. The molecule has 2 nitrogen and oxygen atoms in total. The van der Waals surface area contributed by atoms with E-state index in [-0.39, 0.29) is 35.3 Å². The Balaban J connectivity index is 1.14. The monoisotopic (exact) mass is 658 g/mol. The van der Waals surface area contributed by atoms with E-state index in [0.717, 1.165) is 55.0 Å². The molecule has 51 heavy (non-hydrogen) atoms. The Hall–Kier alpha value is -6.38. The molecule has 0 radical (unpaired) electrons. The molecule has 242 valence electrons. The molecule has 0 saturated carbocycles. The van der Waals surface area contributed by atoms with Gasteiger partial charge in [-0.15, -0.1) is 0 Å². The van der Waals surface area contributed by atoms with Crippen molar-refractivity contribution in [3.05, 3.63) is 187 Å². The zero-order chi connectivity index (χ0) is 38.5. The molecule has 1 heterocycles. The molecule has 0 fully saturated rings. The van der Waals surface area contributed by atoms with Crippen LogP contribution in [0.3, 0.4) is 0 Å². The minimum absolute atomic E-state index is 0.0801. The molecule has 0 N–H and O–H groups in total. The summed E-state index contributed by atoms with van der Waals surface area (Å²) in [6.07, 6.45) is 0. The summed E-state index contributed by atoms with van der Waals surface area (Å²) in [6, 6.07) is 47.8. The van der Waals surface area contributed by atoms with Gasteiger partial charge >= 0.3 is 0 Å². The zero-order valence-corrected chi connectivity index (χ0v) is 28.2. The second-order valence-electron chi connectivity index (χ2n) is 13.7. The number of fused-ring (bicyclic) bond motifs is 8. The third kappa shape index (κ3) is 4.57. The van der Waals surface area contributed by atoms with Crippen molar-refractivity contribution in [3.8, 4) is 33.4 Å². The van der Waals surface area contributed by atoms with Crippen LogP contribution in [-0.2, 0) is 5.41 Å². The zero-order valence-electron chi connectivity index (χ0n) is 33.2. The highest BCUT2D eigenvalue weighted by atomic mass is 16.3. The standard InChI is InChI=1S/C49H35NO/c1-49(2)44-23-9-8-19-41(44)42-22-11-21-39(47(42)49)33-25-28-36(29-26-33)50(35-15-4-3-5-16-35)37-17-10-14-34(31-37)38-20-12-24-45-46(38)43-30-27-32-13-6-7-18-40(32)48(43)51-45/h3-31H,1-2H3/i3D,4D,5D,15D,16D. The summed E-state index contributed by atoms with van der Waals surface area (Å²) < 4.78 is 50.2. The van der Waals surface area contributed by atoms with Gasteiger partial charge in [0.1, 0.15) is 11.2 Å². The van der Waals surface area contributed by atoms with Crippen molar-refractivity contribution >= 4 is 49.8 Å². The Labute approximate surface area is 304 Å². The van der Waals surface area contributed by atoms with Gasteiger partial charge in [0, 0.05) is 38.6 Å². The fourth-order valence-electron chi connectivity index (χ4n) is 8.25. The topological polar surface area (TPSA) is 16.4 Å². The summed E-state index contributed by atoms with van der Waals surface area (Å²) in [4.78, 5) is 1.78. The first-order valence-corrected chi connectivity index (χ1v) is 17.3. The Morgan fingerprint density at radius 3 is 2.14 bits per heavy atom. The van der Waals surface area contributed by atoms with Crippen molar-refractivity contribution in [2.45, 2.75) is 19.3 Å². The van der Waals surface area contributed by atoms with Gasteiger partial charge in [-0.1, -0.05) is 141 Å². The molecule has 0 saturated heterocycles. The first kappa shape index (κ1) is 24.7. The second kappa shape index (κ2) is 11.3. The van der Waals surface area contributed by atoms with Crippen LogP contribution in [0.4, 0.5) is 17.1 Å². The van der Waals surface area contributed by atoms with E-state index in [9.17, 15) is 0 Å². The highest BCUT2D eigenvalue weighted by Gasteiger charge is 2.37. The van der Waals surface area contributed by atoms with Crippen molar-refractivity contribution in [2.24, 2.45) is 0 Å². The van der Waals surface area contributed by atoms with Gasteiger partial charge in [-0.25, -0.2) is 0 Å². The van der Waals surface area contributed by atoms with Crippen LogP contribution in [0.15, 0.2) is 180 Å². The largest absolute Gasteiger partial charge is 0.455 e. The lowest BCUT2D eigenvalue weighted by atomic mass is 9.79. The third-order valence-electron chi connectivity index (χ3n) is 10.5. The quantitative estimate of drug-likeness (QED) is 0.183. The molecule has 8 aromatic carbocycles. The second-order valence-corrected chi connectivity index (χ2v) is 13.7. The van der Waals surface area contributed by atoms with E-state index in [1.165, 1.54) is 22.3 Å². The van der Waals surface area contributed by atoms with E-state index in [1.54, 1.807) is 4.90 Å². The number of para-hydroxylation sites is 1. The van der Waals surface area contributed by atoms with Crippen molar-refractivity contribution in [2.75, 3.05) is 4.90 Å². The van der Waals surface area contributed by atoms with Crippen molar-refractivity contribution in [1.82, 2.24) is 0 Å². The highest BCUT2D eigenvalue weighted by Crippen LogP contribution is 2.52. The molecule has 0 amide bonds. The first-order chi connectivity index (χ1) is 27.1. The first-order valence-electron chi connectivity index (χ1n) is 19.8. The number of nitrogens with zero attached hydrogens (tertiary/aromatic N) is 1. The van der Waals surface area contributed by atoms with Crippen LogP contribution in [0.5, 0.6) is 0 Å². The third-order valence-corrected chi connectivity index (χ3v) is 10.5. The fourth-order valence-corrected chi connectivity index (χ4v) is 8.25. The average molecular weight is 659 g/mol. The Bertz CT molecular complexity index is 3040. The summed E-state index contributed by atoms with van der Waals surface area (Å²) in [5.41, 5.74) is 11.9. The van der Waals surface area contributed by atoms with E-state index >= 15 is 0 Å². The molecule has 0 atom stereocenters. The van der Waals surface area contributed by atoms with Crippen LogP contribution in [0.1, 0.15) is 31.8 Å². The van der Waals surface area contributed by atoms with Crippen LogP contribution in [-0.4, -0.2) is 0 Å². The predicted molar refractivity (Wildman–Crippen MR) is 214 cm³/mol. The van der Waals surface area contributed by atoms with Gasteiger partial charge in [-0.2, -0.15) is 0 Å². The van der Waals surface area contributed by atoms with Gasteiger partial charge in [0.2, 0.25) is 0 Å². The van der Waals surface area contributed by atoms with Crippen LogP contribution in [0.25, 0.3) is 66.1 Å². The van der Waals surface area contributed by atoms with E-state index < -0.39 is 6.04 Å². The number of anilines is 3. The smallest absolute Gasteiger partial charge is 0.143 e. The van der Waals surface area contributed by atoms with Crippen molar-refractivity contribution < 1.29 is 11.3 Å². The van der Waals surface area contributed by atoms with E-state index in [2.05, 4.69) is 98.8 Å². The maximum atomic E-state index is 9.07. The fraction of sp³-hybridized carbons (Fsp3) is 0.0612. The summed E-state index contributed by atoms with van der Waals surface area (Å²) in [7, 11) is 0. The molecule has 1 aromatic heterocycles. The SMILES string of the molecule is [2H]c1c([2H])c([2H])c(N(c2ccc(-c3cccc4c3C(C)(C)c3ccccc3-4)cc2)c2cccc(-c3cccc4oc5c6ccccc6ccc5c34)c2)c([2H])c1[2H]. The maximum absolute atomic E-state index is 9.07. The molecular formula is C49H35NO. The Kier molecular flexibility index (Phi) is 5.49. The molecule has 10 rings (SSSR count). The lowest BCUT2D eigenvalue weighted by molar-refractivity contribution is 0.662. The summed E-state index contributed by atoms with van der Waals surface area (Å²) in [6.45, 7) is 4.55. The summed E-state index contributed by atoms with van der Waals surface area (Å²) in [5, 5.41) is 4.15. The Morgan fingerprint density at radius 2 is 1.25 bits per heavy atom. The normalized spacial score (nSPS) is 14.4. The molecule has 0 unspecified atom stereocenters. The van der Waals surface area contributed by atoms with Crippen molar-refractivity contribution in [3.63, 3.8) is 0 Å². The number of furan rings is 1. The van der Waals surface area contributed by atoms with Crippen molar-refractivity contribution in [1.29, 1.82) is 0 Å². The molecule has 0 aliphatic heterocycles. The lowest BCUT2D eigenvalue weighted by Crippen LogP contribution is -2.16. The Morgan fingerprint density at radius 1 is 0.529 bits per heavy atom. The van der Waals surface area contributed by atoms with Gasteiger partial charge in [0.05, 0.1) is 6.85 Å². The van der Waals surface area contributed by atoms with E-state index in [1.807, 2.05) is 60.7 Å². The number of benzene rings is 8. The minimum atomic E-state index is -0.430. The molecule has 2 heteroatoms. The van der Waals surface area contributed by atoms with Crippen LogP contribution in [0.2, 0.25) is 0 Å². The van der Waals surface area contributed by atoms with Crippen LogP contribution >= 0.6 is 0 Å². The van der Waals surface area contributed by atoms with Crippen LogP contribution < -0.4 is 4.90 Å². The van der Waals surface area contributed by atoms with Gasteiger partial charge in [0.25, 0.3) is 0 Å². The summed E-state index contributed by atoms with van der Waals surface area (Å²) >= 11 is 0. The predicted octanol–water partition coefficient (Wildman–Crippen LogP) is 13.8. The molecule has 0 spiro atoms. The van der Waals surface area contributed by atoms with Gasteiger partial charge < -0.3 is 9.32 Å². The highest BCUT2D eigenvalue weighted by molar-refractivity contribution is 6.19. The van der Waals surface area contributed by atoms with Gasteiger partial charge in [0.15, 0.2) is 0 Å². The lowest BCUT2D eigenvalue weighted by Gasteiger charge is -2.27. The van der Waals surface area contributed by atoms with Gasteiger partial charge in [-0.3, -0.25) is 0 Å². The van der Waals surface area contributed by atoms with E-state index in [4.69, 9.17) is 11.3 Å². The number of rotatable bonds is 5. The van der Waals surface area contributed by atoms with Crippen LogP contribution in [0, 0.1) is 0 Å². The maximum Gasteiger partial charge on any atom is 0.143 e. The summed E-state index contributed by atoms with van der Waals surface area (Å²) in [5.74, 6) is 0. The number of hydrogen-bond donors (Lipinski definition) is 0. The molecule has 1 aliphatic carbocycles. The van der Waals surface area contributed by atoms with Gasteiger partial charge in [-0.05, 0) is 98.4 Å². The van der Waals surface area contributed by atoms with E-state index in [0.29, 0.717) is 11.4 Å². The minimum Gasteiger partial charge on any atom is -0.455 e. The molecule has 1 aliphatic rings. The molecule has 9 aromatic rings. The average Bonchev–Trinajstić information content (AvgIpc) is 3.74.